The summed E-state index contributed by atoms with van der Waals surface area (Å²) < 4.78 is 5.17. The lowest BCUT2D eigenvalue weighted by atomic mass is 9.92. The Labute approximate surface area is 126 Å². The Morgan fingerprint density at radius 2 is 2.29 bits per heavy atom. The summed E-state index contributed by atoms with van der Waals surface area (Å²) in [5.74, 6) is 0.828. The third-order valence-electron chi connectivity index (χ3n) is 4.01. The Hall–Kier alpha value is -1.40. The van der Waals surface area contributed by atoms with Crippen LogP contribution >= 0.6 is 0 Å². The smallest absolute Gasteiger partial charge is 0.240 e. The molecule has 3 N–H and O–H groups in total. The fourth-order valence-corrected chi connectivity index (χ4v) is 2.66. The SMILES string of the molecule is CC1CC(CN)CN1CC(=O)Nc1cc(C(C)(C)C)no1. The van der Waals surface area contributed by atoms with Gasteiger partial charge < -0.3 is 10.3 Å². The monoisotopic (exact) mass is 294 g/mol. The first-order valence-electron chi connectivity index (χ1n) is 7.50. The first-order chi connectivity index (χ1) is 9.79. The van der Waals surface area contributed by atoms with Crippen LogP contribution < -0.4 is 11.1 Å². The minimum absolute atomic E-state index is 0.0730. The fraction of sp³-hybridized carbons (Fsp3) is 0.733. The molecule has 0 saturated carbocycles. The topological polar surface area (TPSA) is 84.4 Å². The fourth-order valence-electron chi connectivity index (χ4n) is 2.66. The molecule has 0 spiro atoms. The van der Waals surface area contributed by atoms with Gasteiger partial charge in [-0.2, -0.15) is 0 Å². The third-order valence-corrected chi connectivity index (χ3v) is 4.01. The van der Waals surface area contributed by atoms with E-state index in [4.69, 9.17) is 10.3 Å². The van der Waals surface area contributed by atoms with Crippen LogP contribution in [-0.2, 0) is 10.2 Å². The average molecular weight is 294 g/mol. The molecule has 2 heterocycles. The van der Waals surface area contributed by atoms with Crippen LogP contribution in [0.25, 0.3) is 0 Å². The van der Waals surface area contributed by atoms with Gasteiger partial charge in [0.2, 0.25) is 11.8 Å². The van der Waals surface area contributed by atoms with Gasteiger partial charge in [-0.3, -0.25) is 15.0 Å². The summed E-state index contributed by atoms with van der Waals surface area (Å²) >= 11 is 0. The first-order valence-corrected chi connectivity index (χ1v) is 7.50. The molecule has 0 radical (unpaired) electrons. The summed E-state index contributed by atoms with van der Waals surface area (Å²) in [7, 11) is 0. The second-order valence-electron chi connectivity index (χ2n) is 6.99. The number of nitrogens with zero attached hydrogens (tertiary/aromatic N) is 2. The molecule has 2 rings (SSSR count). The van der Waals surface area contributed by atoms with Crippen molar-refractivity contribution in [3.8, 4) is 0 Å². The molecule has 2 atom stereocenters. The number of nitrogens with two attached hydrogens (primary N) is 1. The number of anilines is 1. The molecule has 6 nitrogen and oxygen atoms in total. The Kier molecular flexibility index (Phi) is 4.68. The predicted octanol–water partition coefficient (Wildman–Crippen LogP) is 1.58. The molecule has 0 aromatic carbocycles. The van der Waals surface area contributed by atoms with Gasteiger partial charge in [0.15, 0.2) is 0 Å². The van der Waals surface area contributed by atoms with Crippen molar-refractivity contribution in [1.82, 2.24) is 10.1 Å². The molecule has 1 aliphatic heterocycles. The van der Waals surface area contributed by atoms with Crippen LogP contribution in [0.15, 0.2) is 10.6 Å². The van der Waals surface area contributed by atoms with Crippen molar-refractivity contribution in [3.05, 3.63) is 11.8 Å². The van der Waals surface area contributed by atoms with E-state index in [0.717, 1.165) is 18.7 Å². The summed E-state index contributed by atoms with van der Waals surface area (Å²) in [4.78, 5) is 14.3. The van der Waals surface area contributed by atoms with E-state index in [9.17, 15) is 4.79 Å². The normalized spacial score (nSPS) is 23.5. The van der Waals surface area contributed by atoms with E-state index in [2.05, 4.69) is 43.1 Å². The molecule has 118 valence electrons. The Bertz CT molecular complexity index is 492. The molecule has 1 saturated heterocycles. The van der Waals surface area contributed by atoms with Gasteiger partial charge in [0.05, 0.1) is 12.2 Å². The Balaban J connectivity index is 1.89. The Morgan fingerprint density at radius 3 is 2.81 bits per heavy atom. The molecule has 1 aromatic rings. The standard InChI is InChI=1S/C15H26N4O2/c1-10-5-11(7-16)8-19(10)9-13(20)17-14-6-12(18-21-14)15(2,3)4/h6,10-11H,5,7-9,16H2,1-4H3,(H,17,20). The maximum Gasteiger partial charge on any atom is 0.240 e. The second-order valence-corrected chi connectivity index (χ2v) is 6.99. The zero-order valence-electron chi connectivity index (χ0n) is 13.3. The molecule has 1 fully saturated rings. The van der Waals surface area contributed by atoms with Crippen LogP contribution in [0.3, 0.4) is 0 Å². The van der Waals surface area contributed by atoms with Crippen molar-refractivity contribution < 1.29 is 9.32 Å². The summed E-state index contributed by atoms with van der Waals surface area (Å²) in [5.41, 5.74) is 6.44. The highest BCUT2D eigenvalue weighted by atomic mass is 16.5. The van der Waals surface area contributed by atoms with Crippen molar-refractivity contribution in [2.75, 3.05) is 25.0 Å². The maximum absolute atomic E-state index is 12.1. The highest BCUT2D eigenvalue weighted by molar-refractivity contribution is 5.91. The zero-order valence-corrected chi connectivity index (χ0v) is 13.3. The van der Waals surface area contributed by atoms with Crippen LogP contribution in [0, 0.1) is 5.92 Å². The summed E-state index contributed by atoms with van der Waals surface area (Å²) in [6.07, 6.45) is 1.06. The number of rotatable bonds is 4. The molecule has 6 heteroatoms. The average Bonchev–Trinajstić information content (AvgIpc) is 2.96. The van der Waals surface area contributed by atoms with Gasteiger partial charge in [-0.1, -0.05) is 25.9 Å². The van der Waals surface area contributed by atoms with Gasteiger partial charge in [-0.15, -0.1) is 0 Å². The minimum atomic E-state index is -0.0930. The van der Waals surface area contributed by atoms with Gasteiger partial charge in [0.1, 0.15) is 0 Å². The molecule has 21 heavy (non-hydrogen) atoms. The summed E-state index contributed by atoms with van der Waals surface area (Å²) in [6.45, 7) is 10.2. The van der Waals surface area contributed by atoms with E-state index in [1.54, 1.807) is 6.07 Å². The van der Waals surface area contributed by atoms with E-state index in [1.807, 2.05) is 0 Å². The lowest BCUT2D eigenvalue weighted by molar-refractivity contribution is -0.117. The van der Waals surface area contributed by atoms with Crippen molar-refractivity contribution in [2.45, 2.75) is 45.6 Å². The molecule has 2 unspecified atom stereocenters. The number of aromatic nitrogens is 1. The summed E-state index contributed by atoms with van der Waals surface area (Å²) in [5, 5.41) is 6.77. The lowest BCUT2D eigenvalue weighted by Gasteiger charge is -2.19. The predicted molar refractivity (Wildman–Crippen MR) is 82.0 cm³/mol. The lowest BCUT2D eigenvalue weighted by Crippen LogP contribution is -2.35. The van der Waals surface area contributed by atoms with Gasteiger partial charge in [-0.25, -0.2) is 0 Å². The van der Waals surface area contributed by atoms with E-state index in [0.29, 0.717) is 30.9 Å². The van der Waals surface area contributed by atoms with Crippen LogP contribution in [0.5, 0.6) is 0 Å². The summed E-state index contributed by atoms with van der Waals surface area (Å²) in [6, 6.07) is 2.18. The van der Waals surface area contributed by atoms with Crippen molar-refractivity contribution in [2.24, 2.45) is 11.7 Å². The van der Waals surface area contributed by atoms with Crippen LogP contribution in [0.2, 0.25) is 0 Å². The number of hydrogen-bond acceptors (Lipinski definition) is 5. The molecular formula is C15H26N4O2. The number of likely N-dealkylation sites (tertiary alicyclic amines) is 1. The maximum atomic E-state index is 12.1. The minimum Gasteiger partial charge on any atom is -0.338 e. The number of carbonyl (C=O) groups is 1. The first kappa shape index (κ1) is 16.0. The molecular weight excluding hydrogens is 268 g/mol. The zero-order chi connectivity index (χ0) is 15.6. The number of carbonyl (C=O) groups excluding carboxylic acids is 1. The highest BCUT2D eigenvalue weighted by Gasteiger charge is 2.29. The third kappa shape index (κ3) is 4.04. The van der Waals surface area contributed by atoms with Crippen LogP contribution in [-0.4, -0.2) is 41.6 Å². The number of amides is 1. The van der Waals surface area contributed by atoms with Crippen molar-refractivity contribution in [3.63, 3.8) is 0 Å². The van der Waals surface area contributed by atoms with Gasteiger partial charge in [0, 0.05) is 24.1 Å². The molecule has 1 amide bonds. The van der Waals surface area contributed by atoms with E-state index in [-0.39, 0.29) is 11.3 Å². The number of nitrogens with one attached hydrogen (secondary N) is 1. The van der Waals surface area contributed by atoms with Gasteiger partial charge >= 0.3 is 0 Å². The van der Waals surface area contributed by atoms with Gasteiger partial charge in [0.25, 0.3) is 0 Å². The highest BCUT2D eigenvalue weighted by Crippen LogP contribution is 2.24. The second kappa shape index (κ2) is 6.15. The number of hydrogen-bond donors (Lipinski definition) is 2. The van der Waals surface area contributed by atoms with Crippen LogP contribution in [0.4, 0.5) is 5.88 Å². The van der Waals surface area contributed by atoms with Crippen molar-refractivity contribution >= 4 is 11.8 Å². The molecule has 1 aromatic heterocycles. The van der Waals surface area contributed by atoms with Crippen molar-refractivity contribution in [1.29, 1.82) is 0 Å². The van der Waals surface area contributed by atoms with Crippen LogP contribution in [0.1, 0.15) is 39.8 Å². The van der Waals surface area contributed by atoms with E-state index in [1.165, 1.54) is 0 Å². The molecule has 0 aliphatic carbocycles. The van der Waals surface area contributed by atoms with E-state index < -0.39 is 0 Å². The van der Waals surface area contributed by atoms with Gasteiger partial charge in [-0.05, 0) is 25.8 Å². The quantitative estimate of drug-likeness (QED) is 0.880. The van der Waals surface area contributed by atoms with E-state index >= 15 is 0 Å². The Morgan fingerprint density at radius 1 is 1.57 bits per heavy atom. The largest absolute Gasteiger partial charge is 0.338 e. The molecule has 1 aliphatic rings. The molecule has 0 bridgehead atoms.